The number of nitro groups is 1. The molecule has 0 bridgehead atoms. The summed E-state index contributed by atoms with van der Waals surface area (Å²) in [6.07, 6.45) is -2.61. The third-order valence-corrected chi connectivity index (χ3v) is 7.47. The highest BCUT2D eigenvalue weighted by molar-refractivity contribution is 6.00. The Hall–Kier alpha value is -4.06. The number of benzene rings is 2. The fraction of sp³-hybridized carbons (Fsp3) is 0.414. The molecule has 9 nitrogen and oxygen atoms in total. The number of hydrogen-bond donors (Lipinski definition) is 0. The minimum absolute atomic E-state index is 0.00768. The van der Waals surface area contributed by atoms with E-state index in [9.17, 15) is 32.9 Å². The summed E-state index contributed by atoms with van der Waals surface area (Å²) in [6.45, 7) is 4.31. The van der Waals surface area contributed by atoms with Crippen molar-refractivity contribution in [1.82, 2.24) is 14.7 Å². The Labute approximate surface area is 234 Å². The molecule has 1 amide bonds. The second-order valence-corrected chi connectivity index (χ2v) is 11.4. The van der Waals surface area contributed by atoms with E-state index in [-0.39, 0.29) is 46.3 Å². The van der Waals surface area contributed by atoms with Crippen LogP contribution in [0.15, 0.2) is 42.5 Å². The van der Waals surface area contributed by atoms with Crippen LogP contribution in [0.1, 0.15) is 82.4 Å². The Bertz CT molecular complexity index is 1540. The number of carbonyl (C=O) groups is 2. The fourth-order valence-corrected chi connectivity index (χ4v) is 5.59. The van der Waals surface area contributed by atoms with Crippen molar-refractivity contribution in [2.45, 2.75) is 58.4 Å². The number of alkyl halides is 3. The first-order valence-electron chi connectivity index (χ1n) is 13.2. The van der Waals surface area contributed by atoms with Crippen LogP contribution in [0.4, 0.5) is 18.9 Å². The van der Waals surface area contributed by atoms with Gasteiger partial charge in [-0.3, -0.25) is 19.7 Å². The molecule has 1 aromatic heterocycles. The zero-order valence-corrected chi connectivity index (χ0v) is 22.8. The Kier molecular flexibility index (Phi) is 7.22. The number of amides is 1. The first-order chi connectivity index (χ1) is 19.2. The minimum Gasteiger partial charge on any atom is -0.372 e. The fourth-order valence-electron chi connectivity index (χ4n) is 5.59. The van der Waals surface area contributed by atoms with E-state index in [1.807, 2.05) is 13.8 Å². The number of carbonyl (C=O) groups excluding carboxylic acids is 2. The van der Waals surface area contributed by atoms with Gasteiger partial charge in [0.1, 0.15) is 17.5 Å². The molecule has 41 heavy (non-hydrogen) atoms. The molecule has 0 spiro atoms. The van der Waals surface area contributed by atoms with Gasteiger partial charge in [-0.2, -0.15) is 18.3 Å². The molecule has 1 aliphatic carbocycles. The van der Waals surface area contributed by atoms with Crippen LogP contribution in [0, 0.1) is 15.5 Å². The normalized spacial score (nSPS) is 18.3. The van der Waals surface area contributed by atoms with E-state index in [1.165, 1.54) is 40.9 Å². The lowest BCUT2D eigenvalue weighted by molar-refractivity contribution is -0.384. The minimum atomic E-state index is -4.52. The Morgan fingerprint density at radius 2 is 1.98 bits per heavy atom. The zero-order valence-electron chi connectivity index (χ0n) is 22.8. The number of ketones is 1. The van der Waals surface area contributed by atoms with Gasteiger partial charge in [-0.25, -0.2) is 4.68 Å². The maximum Gasteiger partial charge on any atom is 0.416 e. The third kappa shape index (κ3) is 5.61. The van der Waals surface area contributed by atoms with E-state index in [2.05, 4.69) is 5.10 Å². The number of aromatic nitrogens is 2. The van der Waals surface area contributed by atoms with Crippen molar-refractivity contribution >= 4 is 17.4 Å². The summed E-state index contributed by atoms with van der Waals surface area (Å²) in [5, 5.41) is 16.9. The molecular formula is C29H29F3N4O5. The number of fused-ring (bicyclic) bond motifs is 1. The topological polar surface area (TPSA) is 108 Å². The van der Waals surface area contributed by atoms with Gasteiger partial charge >= 0.3 is 6.18 Å². The summed E-state index contributed by atoms with van der Waals surface area (Å²) >= 11 is 0. The summed E-state index contributed by atoms with van der Waals surface area (Å²) in [5.74, 6) is -0.686. The Morgan fingerprint density at radius 3 is 2.63 bits per heavy atom. The average Bonchev–Trinajstić information content (AvgIpc) is 3.55. The zero-order chi connectivity index (χ0) is 29.7. The molecule has 2 aromatic carbocycles. The van der Waals surface area contributed by atoms with E-state index in [0.717, 1.165) is 24.6 Å². The van der Waals surface area contributed by atoms with Gasteiger partial charge in [0, 0.05) is 38.2 Å². The molecule has 1 aliphatic heterocycles. The maximum absolute atomic E-state index is 13.2. The predicted octanol–water partition coefficient (Wildman–Crippen LogP) is 6.08. The third-order valence-electron chi connectivity index (χ3n) is 7.47. The SMILES string of the molecule is CN(Cc1cccc(C(F)(F)F)c1)C(=O)c1ccc(-n2nc(C3CCCO3)c3c2CC(C)(C)CC3=O)c([N+](=O)[O-])c1. The lowest BCUT2D eigenvalue weighted by Gasteiger charge is -2.29. The van der Waals surface area contributed by atoms with E-state index in [0.29, 0.717) is 42.8 Å². The van der Waals surface area contributed by atoms with Crippen molar-refractivity contribution < 1.29 is 32.4 Å². The van der Waals surface area contributed by atoms with Gasteiger partial charge in [0.05, 0.1) is 21.7 Å². The smallest absolute Gasteiger partial charge is 0.372 e. The molecular weight excluding hydrogens is 541 g/mol. The first-order valence-corrected chi connectivity index (χ1v) is 13.2. The van der Waals surface area contributed by atoms with Crippen molar-refractivity contribution in [2.24, 2.45) is 5.41 Å². The average molecular weight is 571 g/mol. The van der Waals surface area contributed by atoms with Gasteiger partial charge in [0.2, 0.25) is 0 Å². The number of nitrogens with zero attached hydrogens (tertiary/aromatic N) is 4. The van der Waals surface area contributed by atoms with Crippen molar-refractivity contribution in [2.75, 3.05) is 13.7 Å². The van der Waals surface area contributed by atoms with Crippen LogP contribution in [0.25, 0.3) is 5.69 Å². The second kappa shape index (κ2) is 10.4. The molecule has 1 atom stereocenters. The van der Waals surface area contributed by atoms with Crippen LogP contribution in [0.2, 0.25) is 0 Å². The summed E-state index contributed by atoms with van der Waals surface area (Å²) in [5.41, 5.74) is 0.266. The predicted molar refractivity (Wildman–Crippen MR) is 142 cm³/mol. The Balaban J connectivity index is 1.51. The van der Waals surface area contributed by atoms with Gasteiger partial charge < -0.3 is 9.64 Å². The summed E-state index contributed by atoms with van der Waals surface area (Å²) in [4.78, 5) is 39.2. The number of rotatable bonds is 6. The maximum atomic E-state index is 13.2. The lowest BCUT2D eigenvalue weighted by atomic mass is 9.75. The van der Waals surface area contributed by atoms with Crippen LogP contribution in [0.3, 0.4) is 0 Å². The molecule has 1 saturated heterocycles. The summed E-state index contributed by atoms with van der Waals surface area (Å²) in [6, 6.07) is 8.61. The molecule has 5 rings (SSSR count). The standard InChI is InChI=1S/C29H29F3N4O5/c1-28(2)14-22-25(23(37)15-28)26(24-8-5-11-41-24)33-35(22)20-10-9-18(13-21(20)36(39)40)27(38)34(3)16-17-6-4-7-19(12-17)29(30,31)32/h4,6-7,9-10,12-13,24H,5,8,11,14-16H2,1-3H3. The molecule has 0 radical (unpaired) electrons. The van der Waals surface area contributed by atoms with E-state index in [4.69, 9.17) is 4.74 Å². The highest BCUT2D eigenvalue weighted by Crippen LogP contribution is 2.42. The number of nitro benzene ring substituents is 1. The molecule has 0 N–H and O–H groups in total. The highest BCUT2D eigenvalue weighted by Gasteiger charge is 2.40. The molecule has 3 aromatic rings. The molecule has 0 saturated carbocycles. The highest BCUT2D eigenvalue weighted by atomic mass is 19.4. The van der Waals surface area contributed by atoms with Crippen LogP contribution < -0.4 is 0 Å². The van der Waals surface area contributed by atoms with Crippen molar-refractivity contribution in [3.8, 4) is 5.69 Å². The van der Waals surface area contributed by atoms with Crippen LogP contribution >= 0.6 is 0 Å². The number of hydrogen-bond acceptors (Lipinski definition) is 6. The van der Waals surface area contributed by atoms with E-state index in [1.54, 1.807) is 0 Å². The van der Waals surface area contributed by atoms with E-state index >= 15 is 0 Å². The number of Topliss-reactive ketones (excluding diaryl/α,β-unsaturated/α-hetero) is 1. The largest absolute Gasteiger partial charge is 0.416 e. The van der Waals surface area contributed by atoms with Crippen LogP contribution in [0.5, 0.6) is 0 Å². The van der Waals surface area contributed by atoms with Gasteiger partial charge in [0.15, 0.2) is 5.78 Å². The molecule has 216 valence electrons. The Morgan fingerprint density at radius 1 is 1.22 bits per heavy atom. The molecule has 1 unspecified atom stereocenters. The number of ether oxygens (including phenoxy) is 1. The van der Waals surface area contributed by atoms with Gasteiger partial charge in [0.25, 0.3) is 11.6 Å². The van der Waals surface area contributed by atoms with Crippen molar-refractivity contribution in [3.05, 3.63) is 86.2 Å². The lowest BCUT2D eigenvalue weighted by Crippen LogP contribution is -2.28. The van der Waals surface area contributed by atoms with Crippen LogP contribution in [-0.4, -0.2) is 44.9 Å². The monoisotopic (exact) mass is 570 g/mol. The van der Waals surface area contributed by atoms with Gasteiger partial charge in [-0.15, -0.1) is 0 Å². The van der Waals surface area contributed by atoms with Gasteiger partial charge in [-0.05, 0) is 54.5 Å². The van der Waals surface area contributed by atoms with Gasteiger partial charge in [-0.1, -0.05) is 26.0 Å². The summed E-state index contributed by atoms with van der Waals surface area (Å²) in [7, 11) is 1.41. The molecule has 1 fully saturated rings. The van der Waals surface area contributed by atoms with Crippen molar-refractivity contribution in [3.63, 3.8) is 0 Å². The quantitative estimate of drug-likeness (QED) is 0.263. The second-order valence-electron chi connectivity index (χ2n) is 11.4. The van der Waals surface area contributed by atoms with Crippen LogP contribution in [-0.2, 0) is 23.9 Å². The summed E-state index contributed by atoms with van der Waals surface area (Å²) < 4.78 is 46.6. The molecule has 2 heterocycles. The number of halogens is 3. The van der Waals surface area contributed by atoms with E-state index < -0.39 is 22.6 Å². The first kappa shape index (κ1) is 28.5. The molecule has 12 heteroatoms. The molecule has 2 aliphatic rings. The van der Waals surface area contributed by atoms with Crippen molar-refractivity contribution in [1.29, 1.82) is 0 Å².